The summed E-state index contributed by atoms with van der Waals surface area (Å²) < 4.78 is 6.72. The Labute approximate surface area is 348 Å². The summed E-state index contributed by atoms with van der Waals surface area (Å²) >= 11 is 0. The average molecular weight is 762 g/mol. The first kappa shape index (κ1) is 34.1. The van der Waals surface area contributed by atoms with Crippen molar-refractivity contribution in [1.82, 2.24) is 0 Å². The van der Waals surface area contributed by atoms with Crippen molar-refractivity contribution in [2.45, 2.75) is 5.41 Å². The first-order valence-corrected chi connectivity index (χ1v) is 20.5. The van der Waals surface area contributed by atoms with Gasteiger partial charge in [-0.3, -0.25) is 0 Å². The van der Waals surface area contributed by atoms with Gasteiger partial charge in [-0.2, -0.15) is 5.26 Å². The van der Waals surface area contributed by atoms with Crippen LogP contribution >= 0.6 is 0 Å². The summed E-state index contributed by atoms with van der Waals surface area (Å²) in [6.45, 7) is 0. The van der Waals surface area contributed by atoms with Crippen molar-refractivity contribution in [2.24, 2.45) is 0 Å². The smallest absolute Gasteiger partial charge is 0.132 e. The summed E-state index contributed by atoms with van der Waals surface area (Å²) in [5.41, 5.74) is 16.8. The van der Waals surface area contributed by atoms with Crippen LogP contribution in [0.5, 0.6) is 11.5 Å². The lowest BCUT2D eigenvalue weighted by Gasteiger charge is -2.39. The van der Waals surface area contributed by atoms with Gasteiger partial charge in [-0.25, -0.2) is 0 Å². The van der Waals surface area contributed by atoms with E-state index in [9.17, 15) is 5.26 Å². The van der Waals surface area contributed by atoms with Crippen LogP contribution in [0.3, 0.4) is 0 Å². The normalized spacial score (nSPS) is 12.9. The highest BCUT2D eigenvalue weighted by Crippen LogP contribution is 2.64. The predicted octanol–water partition coefficient (Wildman–Crippen LogP) is 15.0. The number of nitrogens with zero attached hydrogens (tertiary/aromatic N) is 1. The van der Waals surface area contributed by atoms with Crippen molar-refractivity contribution >= 4 is 21.5 Å². The average Bonchev–Trinajstić information content (AvgIpc) is 3.61. The fraction of sp³-hybridized carbons (Fsp3) is 0.0172. The van der Waals surface area contributed by atoms with Crippen LogP contribution < -0.4 is 4.74 Å². The molecular formula is C58H35NO. The number of para-hydroxylation sites is 2. The van der Waals surface area contributed by atoms with Crippen LogP contribution in [0.1, 0.15) is 27.8 Å². The number of nitriles is 1. The van der Waals surface area contributed by atoms with E-state index in [1.165, 1.54) is 66.1 Å². The summed E-state index contributed by atoms with van der Waals surface area (Å²) in [6, 6.07) is 78.7. The van der Waals surface area contributed by atoms with Gasteiger partial charge >= 0.3 is 0 Å². The van der Waals surface area contributed by atoms with Crippen LogP contribution in [0.25, 0.3) is 77.2 Å². The summed E-state index contributed by atoms with van der Waals surface area (Å²) in [5, 5.41) is 14.3. The lowest BCUT2D eigenvalue weighted by atomic mass is 9.66. The summed E-state index contributed by atoms with van der Waals surface area (Å²) in [5.74, 6) is 1.76. The second-order valence-corrected chi connectivity index (χ2v) is 15.8. The summed E-state index contributed by atoms with van der Waals surface area (Å²) in [7, 11) is 0. The Balaban J connectivity index is 1.16. The third kappa shape index (κ3) is 4.87. The maximum atomic E-state index is 9.34. The van der Waals surface area contributed by atoms with E-state index >= 15 is 0 Å². The van der Waals surface area contributed by atoms with Crippen molar-refractivity contribution in [3.63, 3.8) is 0 Å². The summed E-state index contributed by atoms with van der Waals surface area (Å²) in [4.78, 5) is 0. The minimum atomic E-state index is -0.611. The predicted molar refractivity (Wildman–Crippen MR) is 245 cm³/mol. The monoisotopic (exact) mass is 761 g/mol. The maximum Gasteiger partial charge on any atom is 0.132 e. The zero-order valence-corrected chi connectivity index (χ0v) is 32.6. The van der Waals surface area contributed by atoms with Crippen LogP contribution in [-0.4, -0.2) is 0 Å². The molecule has 0 saturated heterocycles. The lowest BCUT2D eigenvalue weighted by molar-refractivity contribution is 0.436. The Kier molecular flexibility index (Phi) is 7.54. The topological polar surface area (TPSA) is 33.0 Å². The molecule has 1 heterocycles. The van der Waals surface area contributed by atoms with E-state index in [0.717, 1.165) is 44.9 Å². The van der Waals surface area contributed by atoms with Gasteiger partial charge in [0.15, 0.2) is 0 Å². The number of fused-ring (bicyclic) bond motifs is 11. The fourth-order valence-corrected chi connectivity index (χ4v) is 10.3. The van der Waals surface area contributed by atoms with Gasteiger partial charge in [0.2, 0.25) is 0 Å². The highest BCUT2D eigenvalue weighted by molar-refractivity contribution is 6.23. The number of rotatable bonds is 4. The molecule has 1 aliphatic carbocycles. The van der Waals surface area contributed by atoms with E-state index in [1.54, 1.807) is 0 Å². The van der Waals surface area contributed by atoms with E-state index in [4.69, 9.17) is 4.74 Å². The molecule has 0 radical (unpaired) electrons. The standard InChI is InChI=1S/C58H35NO/c59-36-37-25-27-38(28-26-37)39-29-31-40(32-30-39)42-33-34-49-48(35-42)57-47(19-12-22-52(57)58(49)50-20-8-10-23-53(50)60-54-24-11-9-21-51(54)58)56-45-17-6-4-15-43(45)55(41-13-2-1-3-14-41)44-16-5-7-18-46(44)56/h1-35H. The number of ether oxygens (including phenoxy) is 1. The molecule has 1 spiro atoms. The maximum absolute atomic E-state index is 9.34. The Hall–Kier alpha value is -7.99. The molecule has 0 unspecified atom stereocenters. The van der Waals surface area contributed by atoms with Gasteiger partial charge < -0.3 is 4.74 Å². The SMILES string of the molecule is N#Cc1ccc(-c2ccc(-c3ccc4c(c3)-c3c(-c5c6ccccc6c(-c6ccccc6)c6ccccc56)cccc3C43c4ccccc4Oc4ccccc43)cc2)cc1. The van der Waals surface area contributed by atoms with Crippen LogP contribution in [0.2, 0.25) is 0 Å². The van der Waals surface area contributed by atoms with E-state index in [0.29, 0.717) is 5.56 Å². The number of hydrogen-bond acceptors (Lipinski definition) is 2. The van der Waals surface area contributed by atoms with Crippen LogP contribution in [0, 0.1) is 11.3 Å². The first-order valence-electron chi connectivity index (χ1n) is 20.5. The molecule has 0 bridgehead atoms. The second kappa shape index (κ2) is 13.3. The zero-order chi connectivity index (χ0) is 39.8. The van der Waals surface area contributed by atoms with E-state index in [-0.39, 0.29) is 0 Å². The fourth-order valence-electron chi connectivity index (χ4n) is 10.3. The van der Waals surface area contributed by atoms with E-state index in [2.05, 4.69) is 194 Å². The first-order chi connectivity index (χ1) is 29.7. The van der Waals surface area contributed by atoms with Gasteiger partial charge in [-0.05, 0) is 119 Å². The molecule has 0 aromatic heterocycles. The van der Waals surface area contributed by atoms with Gasteiger partial charge in [0.05, 0.1) is 17.0 Å². The van der Waals surface area contributed by atoms with Gasteiger partial charge in [-0.15, -0.1) is 0 Å². The molecule has 278 valence electrons. The lowest BCUT2D eigenvalue weighted by Crippen LogP contribution is -2.32. The highest BCUT2D eigenvalue weighted by atomic mass is 16.5. The van der Waals surface area contributed by atoms with Crippen molar-refractivity contribution in [2.75, 3.05) is 0 Å². The molecular weight excluding hydrogens is 727 g/mol. The quantitative estimate of drug-likeness (QED) is 0.167. The molecule has 10 aromatic carbocycles. The molecule has 2 heteroatoms. The van der Waals surface area contributed by atoms with Crippen molar-refractivity contribution < 1.29 is 4.74 Å². The molecule has 2 nitrogen and oxygen atoms in total. The summed E-state index contributed by atoms with van der Waals surface area (Å²) in [6.07, 6.45) is 0. The molecule has 60 heavy (non-hydrogen) atoms. The molecule has 2 aliphatic rings. The Bertz CT molecular complexity index is 3290. The van der Waals surface area contributed by atoms with Gasteiger partial charge in [0.1, 0.15) is 11.5 Å². The highest BCUT2D eigenvalue weighted by Gasteiger charge is 2.51. The molecule has 0 atom stereocenters. The van der Waals surface area contributed by atoms with Crippen molar-refractivity contribution in [1.29, 1.82) is 5.26 Å². The third-order valence-electron chi connectivity index (χ3n) is 12.8. The molecule has 0 amide bonds. The number of hydrogen-bond donors (Lipinski definition) is 0. The molecule has 1 aliphatic heterocycles. The largest absolute Gasteiger partial charge is 0.457 e. The van der Waals surface area contributed by atoms with Gasteiger partial charge in [0, 0.05) is 11.1 Å². The molecule has 0 N–H and O–H groups in total. The Morgan fingerprint density at radius 2 is 0.817 bits per heavy atom. The molecule has 0 saturated carbocycles. The Morgan fingerprint density at radius 3 is 1.42 bits per heavy atom. The zero-order valence-electron chi connectivity index (χ0n) is 32.6. The third-order valence-corrected chi connectivity index (χ3v) is 12.8. The Morgan fingerprint density at radius 1 is 0.333 bits per heavy atom. The van der Waals surface area contributed by atoms with Crippen molar-refractivity contribution in [3.05, 3.63) is 240 Å². The van der Waals surface area contributed by atoms with Crippen LogP contribution in [0.15, 0.2) is 212 Å². The van der Waals surface area contributed by atoms with Crippen LogP contribution in [-0.2, 0) is 5.41 Å². The minimum absolute atomic E-state index is 0.611. The molecule has 12 rings (SSSR count). The van der Waals surface area contributed by atoms with Crippen LogP contribution in [0.4, 0.5) is 0 Å². The minimum Gasteiger partial charge on any atom is -0.457 e. The van der Waals surface area contributed by atoms with E-state index < -0.39 is 5.41 Å². The number of benzene rings is 10. The second-order valence-electron chi connectivity index (χ2n) is 15.8. The van der Waals surface area contributed by atoms with E-state index in [1.807, 2.05) is 24.3 Å². The van der Waals surface area contributed by atoms with Gasteiger partial charge in [-0.1, -0.05) is 182 Å². The molecule has 0 fully saturated rings. The molecule has 10 aromatic rings. The van der Waals surface area contributed by atoms with Crippen molar-refractivity contribution in [3.8, 4) is 73.2 Å². The van der Waals surface area contributed by atoms with Gasteiger partial charge in [0.25, 0.3) is 0 Å².